The summed E-state index contributed by atoms with van der Waals surface area (Å²) in [6.45, 7) is 8.82. The second-order valence-corrected chi connectivity index (χ2v) is 6.00. The molecule has 0 saturated heterocycles. The van der Waals surface area contributed by atoms with Gasteiger partial charge in [0.05, 0.1) is 0 Å². The molecule has 1 fully saturated rings. The van der Waals surface area contributed by atoms with Gasteiger partial charge in [0, 0.05) is 25.3 Å². The third kappa shape index (κ3) is 3.73. The summed E-state index contributed by atoms with van der Waals surface area (Å²) in [5.41, 5.74) is 4.18. The fourth-order valence-electron chi connectivity index (χ4n) is 2.71. The lowest BCUT2D eigenvalue weighted by molar-refractivity contribution is 0.603. The van der Waals surface area contributed by atoms with Crippen LogP contribution in [0.3, 0.4) is 0 Å². The fraction of sp³-hybridized carbons (Fsp3) is 0.647. The van der Waals surface area contributed by atoms with Crippen molar-refractivity contribution >= 4 is 5.69 Å². The van der Waals surface area contributed by atoms with E-state index in [2.05, 4.69) is 56.2 Å². The van der Waals surface area contributed by atoms with Crippen molar-refractivity contribution < 1.29 is 0 Å². The van der Waals surface area contributed by atoms with Crippen LogP contribution in [0.4, 0.5) is 5.69 Å². The molecule has 0 aromatic heterocycles. The molecular formula is C17H28N2. The first-order chi connectivity index (χ1) is 9.13. The van der Waals surface area contributed by atoms with E-state index in [1.54, 1.807) is 0 Å². The van der Waals surface area contributed by atoms with Gasteiger partial charge in [-0.15, -0.1) is 0 Å². The van der Waals surface area contributed by atoms with Gasteiger partial charge in [-0.3, -0.25) is 0 Å². The highest BCUT2D eigenvalue weighted by Crippen LogP contribution is 2.37. The lowest BCUT2D eigenvalue weighted by Crippen LogP contribution is -2.32. The Kier molecular flexibility index (Phi) is 4.87. The highest BCUT2D eigenvalue weighted by Gasteiger charge is 2.31. The number of hydrogen-bond donors (Lipinski definition) is 1. The van der Waals surface area contributed by atoms with Crippen LogP contribution in [0, 0.1) is 12.8 Å². The zero-order valence-corrected chi connectivity index (χ0v) is 12.9. The highest BCUT2D eigenvalue weighted by atomic mass is 15.1. The molecule has 1 aliphatic rings. The van der Waals surface area contributed by atoms with Crippen molar-refractivity contribution in [2.24, 2.45) is 5.92 Å². The molecule has 2 heteroatoms. The van der Waals surface area contributed by atoms with Crippen LogP contribution >= 0.6 is 0 Å². The van der Waals surface area contributed by atoms with Gasteiger partial charge in [-0.25, -0.2) is 0 Å². The van der Waals surface area contributed by atoms with Crippen molar-refractivity contribution in [3.8, 4) is 0 Å². The summed E-state index contributed by atoms with van der Waals surface area (Å²) in [4.78, 5) is 2.47. The van der Waals surface area contributed by atoms with Gasteiger partial charge < -0.3 is 10.2 Å². The minimum atomic E-state index is 0.660. The zero-order valence-electron chi connectivity index (χ0n) is 12.9. The maximum absolute atomic E-state index is 3.53. The molecule has 0 bridgehead atoms. The Balaban J connectivity index is 2.12. The molecule has 1 saturated carbocycles. The minimum Gasteiger partial charge on any atom is -0.371 e. The molecule has 0 heterocycles. The number of nitrogens with one attached hydrogen (secondary N) is 1. The molecule has 1 atom stereocenters. The minimum absolute atomic E-state index is 0.660. The Labute approximate surface area is 118 Å². The maximum Gasteiger partial charge on any atom is 0.0411 e. The standard InChI is InChI=1S/C17H28N2/c1-5-10-18-12-16-11-13(2)6-9-17(16)19(4)14(3)15-7-8-15/h6,9,11,14-15,18H,5,7-8,10,12H2,1-4H3. The van der Waals surface area contributed by atoms with E-state index in [4.69, 9.17) is 0 Å². The van der Waals surface area contributed by atoms with Crippen molar-refractivity contribution in [3.63, 3.8) is 0 Å². The summed E-state index contributed by atoms with van der Waals surface area (Å²) in [6, 6.07) is 7.51. The smallest absolute Gasteiger partial charge is 0.0411 e. The monoisotopic (exact) mass is 260 g/mol. The normalized spacial score (nSPS) is 16.4. The highest BCUT2D eigenvalue weighted by molar-refractivity contribution is 5.55. The summed E-state index contributed by atoms with van der Waals surface area (Å²) in [5, 5.41) is 3.53. The summed E-state index contributed by atoms with van der Waals surface area (Å²) >= 11 is 0. The molecule has 1 aliphatic carbocycles. The molecular weight excluding hydrogens is 232 g/mol. The first kappa shape index (κ1) is 14.4. The number of rotatable bonds is 7. The molecule has 106 valence electrons. The van der Waals surface area contributed by atoms with E-state index in [9.17, 15) is 0 Å². The van der Waals surface area contributed by atoms with Crippen molar-refractivity contribution in [2.75, 3.05) is 18.5 Å². The summed E-state index contributed by atoms with van der Waals surface area (Å²) in [7, 11) is 2.25. The van der Waals surface area contributed by atoms with Gasteiger partial charge in [0.1, 0.15) is 0 Å². The van der Waals surface area contributed by atoms with E-state index in [1.807, 2.05) is 0 Å². The number of aryl methyl sites for hydroxylation is 1. The van der Waals surface area contributed by atoms with Gasteiger partial charge in [0.2, 0.25) is 0 Å². The molecule has 1 aromatic rings. The average Bonchev–Trinajstić information content (AvgIpc) is 3.22. The van der Waals surface area contributed by atoms with Crippen LogP contribution < -0.4 is 10.2 Å². The van der Waals surface area contributed by atoms with Crippen LogP contribution in [-0.2, 0) is 6.54 Å². The van der Waals surface area contributed by atoms with Crippen LogP contribution in [0.2, 0.25) is 0 Å². The van der Waals surface area contributed by atoms with E-state index in [-0.39, 0.29) is 0 Å². The largest absolute Gasteiger partial charge is 0.371 e. The van der Waals surface area contributed by atoms with Crippen LogP contribution in [-0.4, -0.2) is 19.6 Å². The molecule has 1 N–H and O–H groups in total. The van der Waals surface area contributed by atoms with E-state index in [0.717, 1.165) is 19.0 Å². The summed E-state index contributed by atoms with van der Waals surface area (Å²) in [6.07, 6.45) is 4.00. The quantitative estimate of drug-likeness (QED) is 0.752. The fourth-order valence-corrected chi connectivity index (χ4v) is 2.71. The van der Waals surface area contributed by atoms with Crippen molar-refractivity contribution in [1.82, 2.24) is 5.32 Å². The molecule has 2 rings (SSSR count). The Bertz CT molecular complexity index is 410. The number of benzene rings is 1. The average molecular weight is 260 g/mol. The second-order valence-electron chi connectivity index (χ2n) is 6.00. The van der Waals surface area contributed by atoms with Crippen LogP contribution in [0.25, 0.3) is 0 Å². The van der Waals surface area contributed by atoms with E-state index in [1.165, 1.54) is 36.1 Å². The van der Waals surface area contributed by atoms with E-state index < -0.39 is 0 Å². The Morgan fingerprint density at radius 2 is 2.11 bits per heavy atom. The third-order valence-electron chi connectivity index (χ3n) is 4.27. The van der Waals surface area contributed by atoms with Crippen LogP contribution in [0.15, 0.2) is 18.2 Å². The molecule has 2 nitrogen and oxygen atoms in total. The van der Waals surface area contributed by atoms with Crippen molar-refractivity contribution in [1.29, 1.82) is 0 Å². The molecule has 1 unspecified atom stereocenters. The molecule has 0 radical (unpaired) electrons. The van der Waals surface area contributed by atoms with E-state index >= 15 is 0 Å². The zero-order chi connectivity index (χ0) is 13.8. The van der Waals surface area contributed by atoms with Crippen molar-refractivity contribution in [2.45, 2.75) is 52.6 Å². The first-order valence-electron chi connectivity index (χ1n) is 7.66. The first-order valence-corrected chi connectivity index (χ1v) is 7.66. The van der Waals surface area contributed by atoms with Gasteiger partial charge >= 0.3 is 0 Å². The van der Waals surface area contributed by atoms with Crippen LogP contribution in [0.1, 0.15) is 44.2 Å². The van der Waals surface area contributed by atoms with Gasteiger partial charge in [-0.05, 0) is 57.2 Å². The number of anilines is 1. The van der Waals surface area contributed by atoms with Gasteiger partial charge in [0.25, 0.3) is 0 Å². The lowest BCUT2D eigenvalue weighted by Gasteiger charge is -2.29. The molecule has 0 aliphatic heterocycles. The van der Waals surface area contributed by atoms with Gasteiger partial charge in [0.15, 0.2) is 0 Å². The molecule has 0 spiro atoms. The third-order valence-corrected chi connectivity index (χ3v) is 4.27. The molecule has 19 heavy (non-hydrogen) atoms. The SMILES string of the molecule is CCCNCc1cc(C)ccc1N(C)C(C)C1CC1. The Morgan fingerprint density at radius 3 is 2.74 bits per heavy atom. The predicted octanol–water partition coefficient (Wildman–Crippen LogP) is 3.73. The Morgan fingerprint density at radius 1 is 1.37 bits per heavy atom. The van der Waals surface area contributed by atoms with Crippen molar-refractivity contribution in [3.05, 3.63) is 29.3 Å². The predicted molar refractivity (Wildman–Crippen MR) is 83.8 cm³/mol. The topological polar surface area (TPSA) is 15.3 Å². The molecule has 1 aromatic carbocycles. The lowest BCUT2D eigenvalue weighted by atomic mass is 10.1. The van der Waals surface area contributed by atoms with E-state index in [0.29, 0.717) is 6.04 Å². The Hall–Kier alpha value is -1.02. The summed E-state index contributed by atoms with van der Waals surface area (Å²) < 4.78 is 0. The number of nitrogens with zero attached hydrogens (tertiary/aromatic N) is 1. The molecule has 0 amide bonds. The van der Waals surface area contributed by atoms with Crippen LogP contribution in [0.5, 0.6) is 0 Å². The number of hydrogen-bond acceptors (Lipinski definition) is 2. The van der Waals surface area contributed by atoms with Gasteiger partial charge in [-0.2, -0.15) is 0 Å². The maximum atomic E-state index is 3.53. The summed E-state index contributed by atoms with van der Waals surface area (Å²) in [5.74, 6) is 0.905. The second kappa shape index (κ2) is 6.42. The van der Waals surface area contributed by atoms with Gasteiger partial charge in [-0.1, -0.05) is 24.6 Å².